The van der Waals surface area contributed by atoms with E-state index >= 15 is 0 Å². The first kappa shape index (κ1) is 10.4. The van der Waals surface area contributed by atoms with Crippen LogP contribution in [0.5, 0.6) is 0 Å². The Kier molecular flexibility index (Phi) is 2.49. The van der Waals surface area contributed by atoms with Gasteiger partial charge in [0.25, 0.3) is 0 Å². The number of aromatic nitrogens is 4. The Morgan fingerprint density at radius 3 is 2.88 bits per heavy atom. The minimum atomic E-state index is -0.753. The highest BCUT2D eigenvalue weighted by Crippen LogP contribution is 2.15. The Labute approximate surface area is 92.7 Å². The molecular weight excluding hydrogens is 241 g/mol. The number of nitro groups is 1. The first-order valence-corrected chi connectivity index (χ1v) is 4.32. The van der Waals surface area contributed by atoms with Gasteiger partial charge in [-0.1, -0.05) is 0 Å². The van der Waals surface area contributed by atoms with Crippen LogP contribution in [0.4, 0.5) is 10.2 Å². The highest BCUT2D eigenvalue weighted by Gasteiger charge is 2.15. The first-order chi connectivity index (χ1) is 7.58. The summed E-state index contributed by atoms with van der Waals surface area (Å²) in [7, 11) is 0. The van der Waals surface area contributed by atoms with Gasteiger partial charge in [-0.2, -0.15) is 4.98 Å². The summed E-state index contributed by atoms with van der Waals surface area (Å²) in [6.45, 7) is 0. The van der Waals surface area contributed by atoms with Crippen LogP contribution in [0.1, 0.15) is 0 Å². The third kappa shape index (κ3) is 1.82. The van der Waals surface area contributed by atoms with Crippen molar-refractivity contribution in [2.45, 2.75) is 0 Å². The van der Waals surface area contributed by atoms with Gasteiger partial charge in [0.15, 0.2) is 11.6 Å². The van der Waals surface area contributed by atoms with E-state index in [1.165, 1.54) is 0 Å². The number of imidazole rings is 1. The van der Waals surface area contributed by atoms with Crippen molar-refractivity contribution in [3.8, 4) is 5.82 Å². The van der Waals surface area contributed by atoms with E-state index in [4.69, 9.17) is 11.6 Å². The molecule has 82 valence electrons. The van der Waals surface area contributed by atoms with Crippen LogP contribution >= 0.6 is 11.6 Å². The Morgan fingerprint density at radius 1 is 1.50 bits per heavy atom. The van der Waals surface area contributed by atoms with Crippen LogP contribution in [-0.4, -0.2) is 24.4 Å². The second-order valence-electron chi connectivity index (χ2n) is 2.71. The fraction of sp³-hybridized carbons (Fsp3) is 0. The van der Waals surface area contributed by atoms with Gasteiger partial charge in [0, 0.05) is 0 Å². The zero-order valence-electron chi connectivity index (χ0n) is 7.54. The van der Waals surface area contributed by atoms with Crippen molar-refractivity contribution < 1.29 is 9.31 Å². The van der Waals surface area contributed by atoms with Crippen LogP contribution in [0.25, 0.3) is 5.82 Å². The van der Waals surface area contributed by atoms with Gasteiger partial charge in [0.2, 0.25) is 11.6 Å². The molecule has 2 aromatic rings. The van der Waals surface area contributed by atoms with Crippen molar-refractivity contribution in [1.29, 1.82) is 0 Å². The molecule has 0 spiro atoms. The molecule has 2 rings (SSSR count). The summed E-state index contributed by atoms with van der Waals surface area (Å²) in [6, 6.07) is 0. The third-order valence-electron chi connectivity index (χ3n) is 1.70. The monoisotopic (exact) mass is 243 g/mol. The van der Waals surface area contributed by atoms with Crippen LogP contribution < -0.4 is 0 Å². The smallest absolute Gasteiger partial charge is 0.358 e. The van der Waals surface area contributed by atoms with E-state index in [0.717, 1.165) is 23.3 Å². The summed E-state index contributed by atoms with van der Waals surface area (Å²) in [5.74, 6) is -1.36. The van der Waals surface area contributed by atoms with E-state index in [-0.39, 0.29) is 11.1 Å². The summed E-state index contributed by atoms with van der Waals surface area (Å²) in [6.07, 6.45) is 2.97. The quantitative estimate of drug-likeness (QED) is 0.451. The molecule has 0 unspecified atom stereocenters. The molecule has 0 bridgehead atoms. The van der Waals surface area contributed by atoms with Crippen LogP contribution in [0.3, 0.4) is 0 Å². The molecule has 0 aliphatic rings. The first-order valence-electron chi connectivity index (χ1n) is 3.94. The third-order valence-corrected chi connectivity index (χ3v) is 1.88. The molecule has 0 fully saturated rings. The fourth-order valence-corrected chi connectivity index (χ4v) is 1.17. The molecule has 0 aromatic carbocycles. The second-order valence-corrected chi connectivity index (χ2v) is 3.04. The Balaban J connectivity index is 2.50. The highest BCUT2D eigenvalue weighted by atomic mass is 35.5. The Morgan fingerprint density at radius 2 is 2.25 bits per heavy atom. The predicted octanol–water partition coefficient (Wildman–Crippen LogP) is 1.36. The number of rotatable bonds is 2. The number of hydrogen-bond donors (Lipinski definition) is 0. The topological polar surface area (TPSA) is 86.7 Å². The maximum absolute atomic E-state index is 13.3. The lowest BCUT2D eigenvalue weighted by Crippen LogP contribution is -2.00. The minimum absolute atomic E-state index is 0.159. The lowest BCUT2D eigenvalue weighted by Gasteiger charge is -1.99. The highest BCUT2D eigenvalue weighted by molar-refractivity contribution is 6.28. The molecule has 0 aliphatic heterocycles. The van der Waals surface area contributed by atoms with Gasteiger partial charge in [-0.15, -0.1) is 0 Å². The Bertz CT molecular complexity index is 557. The van der Waals surface area contributed by atoms with Gasteiger partial charge in [0.05, 0.1) is 6.20 Å². The standard InChI is InChI=1S/C7H3ClFN5O2/c8-7-10-1-4(9)6(12-7)13-2-5(11-3-13)14(15)16/h1-3H. The second kappa shape index (κ2) is 3.81. The zero-order valence-corrected chi connectivity index (χ0v) is 8.30. The molecule has 0 atom stereocenters. The molecule has 0 N–H and O–H groups in total. The van der Waals surface area contributed by atoms with E-state index in [1.54, 1.807) is 0 Å². The lowest BCUT2D eigenvalue weighted by atomic mass is 10.5. The van der Waals surface area contributed by atoms with Gasteiger partial charge in [-0.05, 0) is 21.5 Å². The maximum atomic E-state index is 13.3. The van der Waals surface area contributed by atoms with Crippen LogP contribution in [-0.2, 0) is 0 Å². The van der Waals surface area contributed by atoms with Gasteiger partial charge in [-0.25, -0.2) is 9.37 Å². The fourth-order valence-electron chi connectivity index (χ4n) is 1.04. The van der Waals surface area contributed by atoms with Crippen molar-refractivity contribution in [3.05, 3.63) is 39.9 Å². The van der Waals surface area contributed by atoms with Crippen LogP contribution in [0, 0.1) is 15.9 Å². The van der Waals surface area contributed by atoms with Gasteiger partial charge in [-0.3, -0.25) is 4.57 Å². The van der Waals surface area contributed by atoms with Gasteiger partial charge < -0.3 is 10.1 Å². The molecular formula is C7H3ClFN5O2. The van der Waals surface area contributed by atoms with Crippen molar-refractivity contribution >= 4 is 17.4 Å². The number of hydrogen-bond acceptors (Lipinski definition) is 5. The SMILES string of the molecule is O=[N+]([O-])c1cn(-c2nc(Cl)ncc2F)cn1. The van der Waals surface area contributed by atoms with E-state index in [1.807, 2.05) is 0 Å². The summed E-state index contributed by atoms with van der Waals surface area (Å²) >= 11 is 5.48. The number of nitrogens with zero attached hydrogens (tertiary/aromatic N) is 5. The molecule has 7 nitrogen and oxygen atoms in total. The average Bonchev–Trinajstić information content (AvgIpc) is 2.70. The summed E-state index contributed by atoms with van der Waals surface area (Å²) in [5.41, 5.74) is 0. The number of halogens is 2. The van der Waals surface area contributed by atoms with Crippen LogP contribution in [0.2, 0.25) is 5.28 Å². The molecule has 0 aliphatic carbocycles. The zero-order chi connectivity index (χ0) is 11.7. The molecule has 0 amide bonds. The normalized spacial score (nSPS) is 10.4. The summed E-state index contributed by atoms with van der Waals surface area (Å²) < 4.78 is 14.3. The molecule has 0 saturated carbocycles. The molecule has 0 saturated heterocycles. The summed E-state index contributed by atoms with van der Waals surface area (Å²) in [4.78, 5) is 20.1. The molecule has 2 aromatic heterocycles. The van der Waals surface area contributed by atoms with E-state index < -0.39 is 16.6 Å². The van der Waals surface area contributed by atoms with E-state index in [9.17, 15) is 14.5 Å². The van der Waals surface area contributed by atoms with E-state index in [2.05, 4.69) is 15.0 Å². The van der Waals surface area contributed by atoms with Gasteiger partial charge in [0.1, 0.15) is 6.20 Å². The van der Waals surface area contributed by atoms with Crippen molar-refractivity contribution in [3.63, 3.8) is 0 Å². The lowest BCUT2D eigenvalue weighted by molar-refractivity contribution is -0.389. The van der Waals surface area contributed by atoms with Gasteiger partial charge >= 0.3 is 5.82 Å². The van der Waals surface area contributed by atoms with Crippen molar-refractivity contribution in [1.82, 2.24) is 19.5 Å². The molecule has 0 radical (unpaired) electrons. The average molecular weight is 244 g/mol. The van der Waals surface area contributed by atoms with Crippen LogP contribution in [0.15, 0.2) is 18.7 Å². The Hall–Kier alpha value is -2.09. The van der Waals surface area contributed by atoms with Crippen molar-refractivity contribution in [2.75, 3.05) is 0 Å². The minimum Gasteiger partial charge on any atom is -0.358 e. The van der Waals surface area contributed by atoms with Crippen molar-refractivity contribution in [2.24, 2.45) is 0 Å². The largest absolute Gasteiger partial charge is 0.381 e. The van der Waals surface area contributed by atoms with E-state index in [0.29, 0.717) is 0 Å². The molecule has 2 heterocycles. The predicted molar refractivity (Wildman–Crippen MR) is 50.8 cm³/mol. The maximum Gasteiger partial charge on any atom is 0.381 e. The molecule has 9 heteroatoms. The summed E-state index contributed by atoms with van der Waals surface area (Å²) in [5, 5.41) is 10.2. The molecule has 16 heavy (non-hydrogen) atoms.